The first-order valence-corrected chi connectivity index (χ1v) is 4.51. The Morgan fingerprint density at radius 1 is 1.50 bits per heavy atom. The minimum Gasteiger partial charge on any atom is -0.330 e. The zero-order valence-corrected chi connectivity index (χ0v) is 7.27. The van der Waals surface area contributed by atoms with E-state index in [1.807, 2.05) is 0 Å². The lowest BCUT2D eigenvalue weighted by Gasteiger charge is -2.29. The molecule has 0 saturated heterocycles. The maximum atomic E-state index is 6.09. The molecular weight excluding hydrogens is 146 g/mol. The molecular formula is C8H16ClN. The van der Waals surface area contributed by atoms with Gasteiger partial charge in [0.05, 0.1) is 0 Å². The molecule has 3 atom stereocenters. The molecule has 0 aromatic heterocycles. The van der Waals surface area contributed by atoms with Gasteiger partial charge in [-0.3, -0.25) is 0 Å². The Hall–Kier alpha value is 0.250. The van der Waals surface area contributed by atoms with Gasteiger partial charge >= 0.3 is 0 Å². The lowest BCUT2D eigenvalue weighted by molar-refractivity contribution is 0.302. The monoisotopic (exact) mass is 161 g/mol. The van der Waals surface area contributed by atoms with Crippen molar-refractivity contribution in [3.8, 4) is 0 Å². The van der Waals surface area contributed by atoms with Crippen molar-refractivity contribution in [2.45, 2.75) is 31.6 Å². The molecule has 2 heteroatoms. The summed E-state index contributed by atoms with van der Waals surface area (Å²) in [4.78, 5) is 0. The van der Waals surface area contributed by atoms with Crippen LogP contribution in [0, 0.1) is 11.8 Å². The molecule has 1 fully saturated rings. The Morgan fingerprint density at radius 3 is 2.70 bits per heavy atom. The van der Waals surface area contributed by atoms with Crippen molar-refractivity contribution in [2.75, 3.05) is 6.54 Å². The molecule has 3 unspecified atom stereocenters. The van der Waals surface area contributed by atoms with E-state index in [0.717, 1.165) is 13.0 Å². The maximum Gasteiger partial charge on any atom is 0.0364 e. The van der Waals surface area contributed by atoms with Gasteiger partial charge in [0, 0.05) is 5.38 Å². The number of hydrogen-bond donors (Lipinski definition) is 1. The van der Waals surface area contributed by atoms with E-state index in [1.54, 1.807) is 0 Å². The quantitative estimate of drug-likeness (QED) is 0.585. The highest BCUT2D eigenvalue weighted by Crippen LogP contribution is 2.31. The third-order valence-corrected chi connectivity index (χ3v) is 3.15. The van der Waals surface area contributed by atoms with Crippen LogP contribution < -0.4 is 5.73 Å². The smallest absolute Gasteiger partial charge is 0.0364 e. The molecule has 10 heavy (non-hydrogen) atoms. The minimum atomic E-state index is 0.377. The normalized spacial score (nSPS) is 41.7. The van der Waals surface area contributed by atoms with Crippen LogP contribution in [-0.2, 0) is 0 Å². The van der Waals surface area contributed by atoms with Gasteiger partial charge in [-0.05, 0) is 37.6 Å². The van der Waals surface area contributed by atoms with Gasteiger partial charge in [0.25, 0.3) is 0 Å². The van der Waals surface area contributed by atoms with E-state index < -0.39 is 0 Å². The van der Waals surface area contributed by atoms with Crippen molar-refractivity contribution in [1.82, 2.24) is 0 Å². The van der Waals surface area contributed by atoms with Gasteiger partial charge in [-0.1, -0.05) is 6.92 Å². The van der Waals surface area contributed by atoms with Crippen molar-refractivity contribution in [1.29, 1.82) is 0 Å². The molecule has 2 N–H and O–H groups in total. The van der Waals surface area contributed by atoms with Crippen molar-refractivity contribution in [3.05, 3.63) is 0 Å². The molecule has 60 valence electrons. The van der Waals surface area contributed by atoms with Gasteiger partial charge in [0.15, 0.2) is 0 Å². The minimum absolute atomic E-state index is 0.377. The topological polar surface area (TPSA) is 26.0 Å². The Labute approximate surface area is 67.9 Å². The third-order valence-electron chi connectivity index (χ3n) is 2.54. The van der Waals surface area contributed by atoms with Gasteiger partial charge in [-0.2, -0.15) is 0 Å². The molecule has 0 radical (unpaired) electrons. The first-order chi connectivity index (χ1) is 4.74. The van der Waals surface area contributed by atoms with Crippen LogP contribution in [0.1, 0.15) is 26.2 Å². The summed E-state index contributed by atoms with van der Waals surface area (Å²) in [6, 6.07) is 0. The molecule has 0 aromatic carbocycles. The van der Waals surface area contributed by atoms with Crippen LogP contribution in [0.2, 0.25) is 0 Å². The number of halogens is 1. The summed E-state index contributed by atoms with van der Waals surface area (Å²) in [7, 11) is 0. The zero-order chi connectivity index (χ0) is 7.56. The predicted octanol–water partition coefficient (Wildman–Crippen LogP) is 1.99. The molecule has 0 heterocycles. The van der Waals surface area contributed by atoms with E-state index >= 15 is 0 Å². The van der Waals surface area contributed by atoms with Crippen LogP contribution in [0.25, 0.3) is 0 Å². The van der Waals surface area contributed by atoms with Gasteiger partial charge in [0.1, 0.15) is 0 Å². The third kappa shape index (κ3) is 1.86. The van der Waals surface area contributed by atoms with Gasteiger partial charge in [-0.15, -0.1) is 11.6 Å². The van der Waals surface area contributed by atoms with Crippen molar-refractivity contribution < 1.29 is 0 Å². The van der Waals surface area contributed by atoms with Gasteiger partial charge in [0.2, 0.25) is 0 Å². The van der Waals surface area contributed by atoms with E-state index in [9.17, 15) is 0 Å². The average Bonchev–Trinajstić information content (AvgIpc) is 1.95. The summed E-state index contributed by atoms with van der Waals surface area (Å²) in [6.07, 6.45) is 3.66. The van der Waals surface area contributed by atoms with Crippen LogP contribution in [-0.4, -0.2) is 11.9 Å². The Morgan fingerprint density at radius 2 is 2.20 bits per heavy atom. The van der Waals surface area contributed by atoms with Crippen LogP contribution >= 0.6 is 11.6 Å². The molecule has 0 bridgehead atoms. The lowest BCUT2D eigenvalue weighted by Crippen LogP contribution is -2.27. The van der Waals surface area contributed by atoms with Crippen LogP contribution in [0.15, 0.2) is 0 Å². The summed E-state index contributed by atoms with van der Waals surface area (Å²) in [5.41, 5.74) is 5.55. The Balaban J connectivity index is 2.33. The first-order valence-electron chi connectivity index (χ1n) is 4.08. The van der Waals surface area contributed by atoms with E-state index in [4.69, 9.17) is 17.3 Å². The van der Waals surface area contributed by atoms with Crippen molar-refractivity contribution in [3.63, 3.8) is 0 Å². The lowest BCUT2D eigenvalue weighted by atomic mass is 9.83. The van der Waals surface area contributed by atoms with Gasteiger partial charge < -0.3 is 5.73 Å². The predicted molar refractivity (Wildman–Crippen MR) is 45.2 cm³/mol. The van der Waals surface area contributed by atoms with Crippen LogP contribution in [0.3, 0.4) is 0 Å². The first kappa shape index (κ1) is 8.35. The van der Waals surface area contributed by atoms with Crippen LogP contribution in [0.5, 0.6) is 0 Å². The average molecular weight is 162 g/mol. The molecule has 1 aliphatic carbocycles. The standard InChI is InChI=1S/C8H16ClN/c1-6-2-3-7(5-10)4-8(6)9/h6-8H,2-5,10H2,1H3. The molecule has 1 nitrogen and oxygen atoms in total. The van der Waals surface area contributed by atoms with E-state index in [2.05, 4.69) is 6.92 Å². The Bertz CT molecular complexity index is 105. The van der Waals surface area contributed by atoms with Gasteiger partial charge in [-0.25, -0.2) is 0 Å². The summed E-state index contributed by atoms with van der Waals surface area (Å²) >= 11 is 6.09. The fourth-order valence-electron chi connectivity index (χ4n) is 1.56. The summed E-state index contributed by atoms with van der Waals surface area (Å²) in [6.45, 7) is 3.04. The number of hydrogen-bond acceptors (Lipinski definition) is 1. The summed E-state index contributed by atoms with van der Waals surface area (Å²) in [5.74, 6) is 1.39. The van der Waals surface area contributed by atoms with E-state index in [1.165, 1.54) is 12.8 Å². The molecule has 0 spiro atoms. The highest BCUT2D eigenvalue weighted by atomic mass is 35.5. The molecule has 0 aromatic rings. The SMILES string of the molecule is CC1CCC(CN)CC1Cl. The number of nitrogens with two attached hydrogens (primary N) is 1. The molecule has 0 aliphatic heterocycles. The number of alkyl halides is 1. The number of rotatable bonds is 1. The van der Waals surface area contributed by atoms with Crippen molar-refractivity contribution in [2.24, 2.45) is 17.6 Å². The fraction of sp³-hybridized carbons (Fsp3) is 1.00. The molecule has 1 rings (SSSR count). The fourth-order valence-corrected chi connectivity index (χ4v) is 1.94. The molecule has 1 aliphatic rings. The zero-order valence-electron chi connectivity index (χ0n) is 6.52. The molecule has 0 amide bonds. The summed E-state index contributed by atoms with van der Waals surface area (Å²) < 4.78 is 0. The van der Waals surface area contributed by atoms with E-state index in [0.29, 0.717) is 17.2 Å². The maximum absolute atomic E-state index is 6.09. The van der Waals surface area contributed by atoms with E-state index in [-0.39, 0.29) is 0 Å². The van der Waals surface area contributed by atoms with Crippen LogP contribution in [0.4, 0.5) is 0 Å². The second kappa shape index (κ2) is 3.59. The largest absolute Gasteiger partial charge is 0.330 e. The highest BCUT2D eigenvalue weighted by molar-refractivity contribution is 6.20. The summed E-state index contributed by atoms with van der Waals surface area (Å²) in [5, 5.41) is 0.377. The second-order valence-corrected chi connectivity index (χ2v) is 3.97. The molecule has 1 saturated carbocycles. The van der Waals surface area contributed by atoms with Crippen molar-refractivity contribution >= 4 is 11.6 Å². The highest BCUT2D eigenvalue weighted by Gasteiger charge is 2.24. The second-order valence-electron chi connectivity index (χ2n) is 3.41. The Kier molecular flexibility index (Phi) is 2.99.